The van der Waals surface area contributed by atoms with Crippen LogP contribution in [0.25, 0.3) is 0 Å². The zero-order chi connectivity index (χ0) is 13.8. The summed E-state index contributed by atoms with van der Waals surface area (Å²) in [5, 5.41) is 10.2. The van der Waals surface area contributed by atoms with E-state index in [1.54, 1.807) is 0 Å². The first-order chi connectivity index (χ1) is 8.13. The van der Waals surface area contributed by atoms with Crippen molar-refractivity contribution in [1.29, 1.82) is 0 Å². The molecule has 0 aromatic rings. The first kappa shape index (κ1) is 14.9. The summed E-state index contributed by atoms with van der Waals surface area (Å²) in [5.41, 5.74) is 1.05. The minimum absolute atomic E-state index is 0.133. The van der Waals surface area contributed by atoms with E-state index < -0.39 is 5.60 Å². The molecule has 2 rings (SSSR count). The van der Waals surface area contributed by atoms with Gasteiger partial charge in [-0.1, -0.05) is 41.4 Å². The number of rotatable bonds is 0. The van der Waals surface area contributed by atoms with Gasteiger partial charge in [-0.3, -0.25) is 0 Å². The van der Waals surface area contributed by atoms with Crippen LogP contribution < -0.4 is 0 Å². The molecule has 0 amide bonds. The van der Waals surface area contributed by atoms with Crippen LogP contribution in [0.4, 0.5) is 0 Å². The van der Waals surface area contributed by atoms with E-state index in [1.165, 1.54) is 5.57 Å². The molecule has 4 atom stereocenters. The van der Waals surface area contributed by atoms with Crippen molar-refractivity contribution in [3.8, 4) is 0 Å². The van der Waals surface area contributed by atoms with Crippen LogP contribution in [0.2, 0.25) is 0 Å². The molecule has 18 heavy (non-hydrogen) atoms. The van der Waals surface area contributed by atoms with Gasteiger partial charge in [-0.15, -0.1) is 11.6 Å². The summed E-state index contributed by atoms with van der Waals surface area (Å²) in [5.74, 6) is 0. The van der Waals surface area contributed by atoms with E-state index in [0.29, 0.717) is 4.83 Å². The van der Waals surface area contributed by atoms with Gasteiger partial charge in [-0.2, -0.15) is 0 Å². The molecule has 0 aromatic carbocycles. The molecule has 3 heteroatoms. The molecule has 1 spiro atoms. The SMILES string of the molecule is CC1=CC[C@@H](Br)C(C)(C)[C@]12CC[C@](C)(O)[C@@H](Cl)C2. The second-order valence-electron chi connectivity index (χ2n) is 6.92. The Kier molecular flexibility index (Phi) is 3.71. The van der Waals surface area contributed by atoms with Crippen molar-refractivity contribution in [2.24, 2.45) is 10.8 Å². The van der Waals surface area contributed by atoms with Gasteiger partial charge >= 0.3 is 0 Å². The third-order valence-corrected chi connectivity index (χ3v) is 7.81. The summed E-state index contributed by atoms with van der Waals surface area (Å²) in [4.78, 5) is 0.487. The molecule has 0 unspecified atom stereocenters. The zero-order valence-corrected chi connectivity index (χ0v) is 14.1. The number of allylic oxidation sites excluding steroid dienone is 2. The van der Waals surface area contributed by atoms with Crippen LogP contribution in [-0.4, -0.2) is 20.9 Å². The van der Waals surface area contributed by atoms with E-state index in [0.717, 1.165) is 25.7 Å². The summed E-state index contributed by atoms with van der Waals surface area (Å²) < 4.78 is 0. The second-order valence-corrected chi connectivity index (χ2v) is 8.56. The Hall–Kier alpha value is 0.470. The van der Waals surface area contributed by atoms with Crippen molar-refractivity contribution in [2.45, 2.75) is 69.2 Å². The van der Waals surface area contributed by atoms with Gasteiger partial charge in [-0.25, -0.2) is 0 Å². The van der Waals surface area contributed by atoms with E-state index in [2.05, 4.69) is 42.8 Å². The van der Waals surface area contributed by atoms with Crippen molar-refractivity contribution in [3.05, 3.63) is 11.6 Å². The van der Waals surface area contributed by atoms with Gasteiger partial charge in [0.05, 0.1) is 11.0 Å². The molecular formula is C15H24BrClO. The minimum Gasteiger partial charge on any atom is -0.389 e. The molecule has 0 aliphatic heterocycles. The summed E-state index contributed by atoms with van der Waals surface area (Å²) in [6, 6.07) is 0. The molecule has 0 heterocycles. The van der Waals surface area contributed by atoms with Crippen LogP contribution in [0.5, 0.6) is 0 Å². The average molecular weight is 336 g/mol. The lowest BCUT2D eigenvalue weighted by atomic mass is 9.50. The van der Waals surface area contributed by atoms with Crippen LogP contribution in [0.3, 0.4) is 0 Å². The number of halogens is 2. The molecule has 1 N–H and O–H groups in total. The van der Waals surface area contributed by atoms with Gasteiger partial charge in [0.1, 0.15) is 0 Å². The third-order valence-electron chi connectivity index (χ3n) is 5.66. The maximum absolute atomic E-state index is 10.3. The van der Waals surface area contributed by atoms with Crippen molar-refractivity contribution < 1.29 is 5.11 Å². The summed E-state index contributed by atoms with van der Waals surface area (Å²) in [6.45, 7) is 8.79. The lowest BCUT2D eigenvalue weighted by molar-refractivity contribution is -0.0455. The molecule has 1 nitrogen and oxygen atoms in total. The van der Waals surface area contributed by atoms with Crippen LogP contribution in [0.15, 0.2) is 11.6 Å². The maximum atomic E-state index is 10.3. The van der Waals surface area contributed by atoms with Gasteiger partial charge in [0.15, 0.2) is 0 Å². The smallest absolute Gasteiger partial charge is 0.0783 e. The molecular weight excluding hydrogens is 312 g/mol. The van der Waals surface area contributed by atoms with Gasteiger partial charge < -0.3 is 5.11 Å². The quantitative estimate of drug-likeness (QED) is 0.504. The van der Waals surface area contributed by atoms with E-state index in [9.17, 15) is 5.11 Å². The second kappa shape index (κ2) is 4.49. The zero-order valence-electron chi connectivity index (χ0n) is 11.8. The van der Waals surface area contributed by atoms with Gasteiger partial charge in [0.25, 0.3) is 0 Å². The third kappa shape index (κ3) is 1.99. The highest BCUT2D eigenvalue weighted by molar-refractivity contribution is 9.09. The Morgan fingerprint density at radius 3 is 2.50 bits per heavy atom. The lowest BCUT2D eigenvalue weighted by Crippen LogP contribution is -2.55. The highest BCUT2D eigenvalue weighted by Gasteiger charge is 2.56. The van der Waals surface area contributed by atoms with Crippen LogP contribution in [0, 0.1) is 10.8 Å². The van der Waals surface area contributed by atoms with Gasteiger partial charge in [-0.05, 0) is 50.4 Å². The van der Waals surface area contributed by atoms with Crippen LogP contribution >= 0.6 is 27.5 Å². The minimum atomic E-state index is -0.720. The van der Waals surface area contributed by atoms with Crippen LogP contribution in [-0.2, 0) is 0 Å². The Bertz CT molecular complexity index is 375. The Labute approximate surface area is 124 Å². The highest BCUT2D eigenvalue weighted by atomic mass is 79.9. The fraction of sp³-hybridized carbons (Fsp3) is 0.867. The summed E-state index contributed by atoms with van der Waals surface area (Å²) >= 11 is 10.3. The molecule has 104 valence electrons. The molecule has 0 aromatic heterocycles. The largest absolute Gasteiger partial charge is 0.389 e. The topological polar surface area (TPSA) is 20.2 Å². The lowest BCUT2D eigenvalue weighted by Gasteiger charge is -2.58. The summed E-state index contributed by atoms with van der Waals surface area (Å²) in [6.07, 6.45) is 6.13. The number of hydrogen-bond donors (Lipinski definition) is 1. The van der Waals surface area contributed by atoms with Crippen molar-refractivity contribution in [1.82, 2.24) is 0 Å². The number of alkyl halides is 2. The van der Waals surface area contributed by atoms with E-state index >= 15 is 0 Å². The van der Waals surface area contributed by atoms with Gasteiger partial charge in [0, 0.05) is 4.83 Å². The molecule has 0 bridgehead atoms. The van der Waals surface area contributed by atoms with Crippen LogP contribution in [0.1, 0.15) is 53.4 Å². The average Bonchev–Trinajstić information content (AvgIpc) is 2.27. The molecule has 0 saturated heterocycles. The Balaban J connectivity index is 2.41. The number of aliphatic hydroxyl groups is 1. The van der Waals surface area contributed by atoms with E-state index in [1.807, 2.05) is 6.92 Å². The Morgan fingerprint density at radius 1 is 1.33 bits per heavy atom. The standard InChI is InChI=1S/C15H24BrClO/c1-10-5-6-11(16)13(2,3)15(10)8-7-14(4,18)12(17)9-15/h5,11-12,18H,6-9H2,1-4H3/t11-,12+,14+,15+/m1/s1. The predicted molar refractivity (Wildman–Crippen MR) is 81.4 cm³/mol. The van der Waals surface area contributed by atoms with E-state index in [-0.39, 0.29) is 16.2 Å². The maximum Gasteiger partial charge on any atom is 0.0783 e. The van der Waals surface area contributed by atoms with Crippen molar-refractivity contribution in [3.63, 3.8) is 0 Å². The molecule has 2 aliphatic rings. The monoisotopic (exact) mass is 334 g/mol. The normalized spacial score (nSPS) is 48.1. The first-order valence-corrected chi connectivity index (χ1v) is 8.16. The van der Waals surface area contributed by atoms with Crippen molar-refractivity contribution in [2.75, 3.05) is 0 Å². The molecule has 1 fully saturated rings. The number of hydrogen-bond acceptors (Lipinski definition) is 1. The van der Waals surface area contributed by atoms with Gasteiger partial charge in [0.2, 0.25) is 0 Å². The fourth-order valence-corrected chi connectivity index (χ4v) is 4.77. The Morgan fingerprint density at radius 2 is 1.94 bits per heavy atom. The van der Waals surface area contributed by atoms with Crippen molar-refractivity contribution >= 4 is 27.5 Å². The molecule has 1 saturated carbocycles. The molecule has 0 radical (unpaired) electrons. The first-order valence-electron chi connectivity index (χ1n) is 6.81. The van der Waals surface area contributed by atoms with E-state index in [4.69, 9.17) is 11.6 Å². The highest BCUT2D eigenvalue weighted by Crippen LogP contribution is 2.61. The fourth-order valence-electron chi connectivity index (χ4n) is 3.77. The summed E-state index contributed by atoms with van der Waals surface area (Å²) in [7, 11) is 0. The predicted octanol–water partition coefficient (Wildman–Crippen LogP) is 4.65. The molecule has 2 aliphatic carbocycles.